The van der Waals surface area contributed by atoms with E-state index in [1.807, 2.05) is 0 Å². The van der Waals surface area contributed by atoms with E-state index in [2.05, 4.69) is 227 Å². The van der Waals surface area contributed by atoms with Gasteiger partial charge in [-0.25, -0.2) is 0 Å². The standard InChI is InChI=1S/C58H47BN2/c1-57(2,3)43-33-44(58(4,5)6)35-45(34-43)60-52-23-15-22-46-49-31-42(37-18-11-8-12-19-37)32-50-48-30-40(36-16-9-7-10-17-36)24-26-51(48)61(56(49)50)59(54(46)52)55-47-29-39-21-14-13-20-38(39)28-41(47)25-27-53(55)60/h7-35H,1-6H3. The van der Waals surface area contributed by atoms with Gasteiger partial charge in [0.25, 0.3) is 0 Å². The fourth-order valence-corrected chi connectivity index (χ4v) is 10.5. The van der Waals surface area contributed by atoms with E-state index in [9.17, 15) is 0 Å². The van der Waals surface area contributed by atoms with Crippen LogP contribution in [-0.4, -0.2) is 11.3 Å². The summed E-state index contributed by atoms with van der Waals surface area (Å²) in [6, 6.07) is 66.7. The van der Waals surface area contributed by atoms with Crippen LogP contribution in [0.4, 0.5) is 17.1 Å². The van der Waals surface area contributed by atoms with Crippen molar-refractivity contribution in [2.24, 2.45) is 0 Å². The Hall–Kier alpha value is -6.84. The third-order valence-electron chi connectivity index (χ3n) is 13.6. The number of benzene rings is 9. The van der Waals surface area contributed by atoms with Gasteiger partial charge in [-0.05, 0) is 143 Å². The lowest BCUT2D eigenvalue weighted by Crippen LogP contribution is -2.57. The van der Waals surface area contributed by atoms with Gasteiger partial charge in [-0.15, -0.1) is 0 Å². The van der Waals surface area contributed by atoms with Gasteiger partial charge in [0, 0.05) is 44.4 Å². The van der Waals surface area contributed by atoms with E-state index in [4.69, 9.17) is 0 Å². The molecule has 2 aliphatic heterocycles. The molecule has 2 nitrogen and oxygen atoms in total. The van der Waals surface area contributed by atoms with Crippen molar-refractivity contribution in [1.82, 2.24) is 4.48 Å². The van der Waals surface area contributed by atoms with Crippen LogP contribution in [0, 0.1) is 0 Å². The zero-order valence-corrected chi connectivity index (χ0v) is 35.7. The molecule has 1 aromatic heterocycles. The van der Waals surface area contributed by atoms with Crippen LogP contribution in [0.25, 0.3) is 76.7 Å². The highest BCUT2D eigenvalue weighted by atomic mass is 15.2. The molecule has 0 aliphatic carbocycles. The van der Waals surface area contributed by atoms with Crippen molar-refractivity contribution in [1.29, 1.82) is 0 Å². The highest BCUT2D eigenvalue weighted by Crippen LogP contribution is 2.49. The first-order valence-electron chi connectivity index (χ1n) is 21.8. The van der Waals surface area contributed by atoms with E-state index in [0.717, 1.165) is 0 Å². The molecular formula is C58H47BN2. The molecule has 3 heteroatoms. The Morgan fingerprint density at radius 1 is 0.393 bits per heavy atom. The van der Waals surface area contributed by atoms with Gasteiger partial charge in [0.2, 0.25) is 0 Å². The molecule has 0 amide bonds. The van der Waals surface area contributed by atoms with E-state index < -0.39 is 0 Å². The third kappa shape index (κ3) is 5.43. The number of fused-ring (bicyclic) bond motifs is 10. The molecule has 3 heterocycles. The minimum Gasteiger partial charge on any atom is -0.375 e. The van der Waals surface area contributed by atoms with Crippen LogP contribution in [0.1, 0.15) is 52.7 Å². The second kappa shape index (κ2) is 12.8. The molecule has 0 saturated carbocycles. The topological polar surface area (TPSA) is 8.17 Å². The average molecular weight is 783 g/mol. The van der Waals surface area contributed by atoms with E-state index in [1.54, 1.807) is 0 Å². The van der Waals surface area contributed by atoms with Crippen LogP contribution in [0.5, 0.6) is 0 Å². The molecule has 9 aromatic carbocycles. The predicted octanol–water partition coefficient (Wildman–Crippen LogP) is 14.4. The minimum atomic E-state index is -0.0622. The van der Waals surface area contributed by atoms with Crippen LogP contribution in [0.3, 0.4) is 0 Å². The molecule has 0 atom stereocenters. The molecule has 0 bridgehead atoms. The number of nitrogens with zero attached hydrogens (tertiary/aromatic N) is 2. The fraction of sp³-hybridized carbons (Fsp3) is 0.138. The smallest absolute Gasteiger partial charge is 0.333 e. The maximum Gasteiger partial charge on any atom is 0.333 e. The number of rotatable bonds is 3. The molecule has 10 aromatic rings. The van der Waals surface area contributed by atoms with Crippen molar-refractivity contribution in [2.75, 3.05) is 4.90 Å². The monoisotopic (exact) mass is 782 g/mol. The van der Waals surface area contributed by atoms with Crippen molar-refractivity contribution in [3.63, 3.8) is 0 Å². The lowest BCUT2D eigenvalue weighted by molar-refractivity contribution is 0.569. The second-order valence-corrected chi connectivity index (χ2v) is 19.4. The first kappa shape index (κ1) is 36.1. The van der Waals surface area contributed by atoms with Crippen molar-refractivity contribution >= 4 is 78.2 Å². The summed E-state index contributed by atoms with van der Waals surface area (Å²) < 4.78 is 2.71. The molecule has 12 rings (SSSR count). The minimum absolute atomic E-state index is 0.0311. The number of hydrogen-bond acceptors (Lipinski definition) is 1. The van der Waals surface area contributed by atoms with Gasteiger partial charge >= 0.3 is 6.85 Å². The number of hydrogen-bond donors (Lipinski definition) is 0. The molecule has 0 saturated heterocycles. The first-order valence-corrected chi connectivity index (χ1v) is 21.8. The zero-order chi connectivity index (χ0) is 41.4. The quantitative estimate of drug-likeness (QED) is 0.128. The van der Waals surface area contributed by atoms with Crippen molar-refractivity contribution < 1.29 is 0 Å². The molecule has 0 unspecified atom stereocenters. The molecule has 61 heavy (non-hydrogen) atoms. The maximum atomic E-state index is 2.71. The number of aromatic nitrogens is 1. The Morgan fingerprint density at radius 3 is 1.70 bits per heavy atom. The predicted molar refractivity (Wildman–Crippen MR) is 263 cm³/mol. The normalized spacial score (nSPS) is 13.3. The lowest BCUT2D eigenvalue weighted by atomic mass is 9.44. The maximum absolute atomic E-state index is 2.71. The first-order chi connectivity index (χ1) is 29.5. The summed E-state index contributed by atoms with van der Waals surface area (Å²) in [7, 11) is 0. The highest BCUT2D eigenvalue weighted by molar-refractivity contribution is 6.91. The highest BCUT2D eigenvalue weighted by Gasteiger charge is 2.44. The Bertz CT molecular complexity index is 3400. The Labute approximate surface area is 358 Å². The van der Waals surface area contributed by atoms with Gasteiger partial charge in [-0.3, -0.25) is 0 Å². The van der Waals surface area contributed by atoms with Crippen LogP contribution in [0.15, 0.2) is 176 Å². The van der Waals surface area contributed by atoms with Gasteiger partial charge in [0.05, 0.1) is 0 Å². The molecule has 0 radical (unpaired) electrons. The van der Waals surface area contributed by atoms with Crippen LogP contribution >= 0.6 is 0 Å². The van der Waals surface area contributed by atoms with Crippen molar-refractivity contribution in [3.8, 4) is 33.4 Å². The van der Waals surface area contributed by atoms with Crippen LogP contribution in [0.2, 0.25) is 0 Å². The van der Waals surface area contributed by atoms with Gasteiger partial charge in [-0.2, -0.15) is 0 Å². The zero-order valence-electron chi connectivity index (χ0n) is 35.7. The fourth-order valence-electron chi connectivity index (χ4n) is 10.5. The van der Waals surface area contributed by atoms with E-state index in [-0.39, 0.29) is 17.7 Å². The summed E-state index contributed by atoms with van der Waals surface area (Å²) in [5.74, 6) is 0. The summed E-state index contributed by atoms with van der Waals surface area (Å²) in [5, 5.41) is 7.67. The Morgan fingerprint density at radius 2 is 1.02 bits per heavy atom. The van der Waals surface area contributed by atoms with E-state index in [1.165, 1.54) is 116 Å². The van der Waals surface area contributed by atoms with Gasteiger partial charge in [0.15, 0.2) is 0 Å². The summed E-state index contributed by atoms with van der Waals surface area (Å²) in [5.41, 5.74) is 19.1. The molecular weight excluding hydrogens is 735 g/mol. The van der Waals surface area contributed by atoms with Crippen LogP contribution in [-0.2, 0) is 10.8 Å². The second-order valence-electron chi connectivity index (χ2n) is 19.4. The largest absolute Gasteiger partial charge is 0.375 e. The van der Waals surface area contributed by atoms with Gasteiger partial charge in [-0.1, -0.05) is 157 Å². The molecule has 0 spiro atoms. The lowest BCUT2D eigenvalue weighted by Gasteiger charge is -2.41. The molecule has 292 valence electrons. The van der Waals surface area contributed by atoms with E-state index in [0.29, 0.717) is 0 Å². The SMILES string of the molecule is CC(C)(C)c1cc(N2c3cccc4c3B(c3c2ccc2cc5ccccc5cc32)n2c3ccc(-c5ccccc5)cc3c3cc(-c5ccccc5)cc-4c32)cc(C(C)(C)C)c1. The third-order valence-corrected chi connectivity index (χ3v) is 13.6. The van der Waals surface area contributed by atoms with Gasteiger partial charge < -0.3 is 9.38 Å². The number of anilines is 3. The van der Waals surface area contributed by atoms with Crippen molar-refractivity contribution in [3.05, 3.63) is 187 Å². The summed E-state index contributed by atoms with van der Waals surface area (Å²) >= 11 is 0. The molecule has 0 fully saturated rings. The molecule has 0 N–H and O–H groups in total. The van der Waals surface area contributed by atoms with Crippen molar-refractivity contribution in [2.45, 2.75) is 52.4 Å². The Balaban J connectivity index is 1.25. The average Bonchev–Trinajstić information content (AvgIpc) is 3.60. The summed E-state index contributed by atoms with van der Waals surface area (Å²) in [6.07, 6.45) is 0. The van der Waals surface area contributed by atoms with Crippen LogP contribution < -0.4 is 15.8 Å². The van der Waals surface area contributed by atoms with Gasteiger partial charge in [0.1, 0.15) is 0 Å². The Kier molecular flexibility index (Phi) is 7.59. The van der Waals surface area contributed by atoms with E-state index >= 15 is 0 Å². The summed E-state index contributed by atoms with van der Waals surface area (Å²) in [6.45, 7) is 14.0. The summed E-state index contributed by atoms with van der Waals surface area (Å²) in [4.78, 5) is 2.60. The molecule has 2 aliphatic rings.